The van der Waals surface area contributed by atoms with E-state index in [4.69, 9.17) is 4.98 Å². The molecule has 0 saturated carbocycles. The highest BCUT2D eigenvalue weighted by molar-refractivity contribution is 6.07. The maximum absolute atomic E-state index is 13.7. The standard InChI is InChI=1S/C27H24N4O2/c32-26(29-21-8-2-1-3-9-21)20-7-6-16-31(18-20)27(33)23-17-25(19-12-14-28-15-13-19)30-24-11-5-4-10-22(23)24/h1-5,8-15,17,20H,6-7,16,18H2,(H,29,32). The lowest BCUT2D eigenvalue weighted by molar-refractivity contribution is -0.121. The minimum absolute atomic E-state index is 0.0456. The van der Waals surface area contributed by atoms with Crippen molar-refractivity contribution in [2.45, 2.75) is 12.8 Å². The van der Waals surface area contributed by atoms with Gasteiger partial charge in [-0.3, -0.25) is 14.6 Å². The monoisotopic (exact) mass is 436 g/mol. The molecule has 33 heavy (non-hydrogen) atoms. The number of fused-ring (bicyclic) bond motifs is 1. The van der Waals surface area contributed by atoms with Crippen LogP contribution in [0.2, 0.25) is 0 Å². The Labute approximate surface area is 192 Å². The van der Waals surface area contributed by atoms with Crippen molar-refractivity contribution in [2.24, 2.45) is 5.92 Å². The third-order valence-electron chi connectivity index (χ3n) is 6.04. The lowest BCUT2D eigenvalue weighted by atomic mass is 9.95. The van der Waals surface area contributed by atoms with Crippen LogP contribution in [0.3, 0.4) is 0 Å². The first-order valence-electron chi connectivity index (χ1n) is 11.1. The number of para-hydroxylation sites is 2. The first kappa shape index (κ1) is 20.8. The summed E-state index contributed by atoms with van der Waals surface area (Å²) in [5.41, 5.74) is 3.79. The summed E-state index contributed by atoms with van der Waals surface area (Å²) in [6.45, 7) is 1.04. The Hall–Kier alpha value is -4.06. The zero-order valence-corrected chi connectivity index (χ0v) is 18.1. The van der Waals surface area contributed by atoms with E-state index in [1.807, 2.05) is 72.8 Å². The van der Waals surface area contributed by atoms with E-state index in [-0.39, 0.29) is 17.7 Å². The van der Waals surface area contributed by atoms with Crippen LogP contribution in [0.1, 0.15) is 23.2 Å². The van der Waals surface area contributed by atoms with Gasteiger partial charge in [-0.05, 0) is 49.2 Å². The van der Waals surface area contributed by atoms with E-state index in [9.17, 15) is 9.59 Å². The minimum Gasteiger partial charge on any atom is -0.338 e. The number of carbonyl (C=O) groups excluding carboxylic acids is 2. The molecule has 0 aliphatic carbocycles. The van der Waals surface area contributed by atoms with E-state index in [2.05, 4.69) is 10.3 Å². The van der Waals surface area contributed by atoms with Crippen LogP contribution < -0.4 is 5.32 Å². The quantitative estimate of drug-likeness (QED) is 0.499. The van der Waals surface area contributed by atoms with Crippen LogP contribution in [0.5, 0.6) is 0 Å². The first-order valence-corrected chi connectivity index (χ1v) is 11.1. The highest BCUT2D eigenvalue weighted by Gasteiger charge is 2.30. The van der Waals surface area contributed by atoms with Crippen LogP contribution in [0.15, 0.2) is 85.2 Å². The number of hydrogen-bond acceptors (Lipinski definition) is 4. The molecule has 2 aromatic carbocycles. The number of aromatic nitrogens is 2. The maximum atomic E-state index is 13.7. The fourth-order valence-corrected chi connectivity index (χ4v) is 4.33. The molecule has 1 unspecified atom stereocenters. The minimum atomic E-state index is -0.240. The van der Waals surface area contributed by atoms with Gasteiger partial charge < -0.3 is 10.2 Å². The van der Waals surface area contributed by atoms with Crippen molar-refractivity contribution >= 4 is 28.4 Å². The molecule has 1 saturated heterocycles. The first-order chi connectivity index (χ1) is 16.2. The third kappa shape index (κ3) is 4.46. The Kier molecular flexibility index (Phi) is 5.81. The van der Waals surface area contributed by atoms with Crippen molar-refractivity contribution < 1.29 is 9.59 Å². The zero-order chi connectivity index (χ0) is 22.6. The molecule has 6 heteroatoms. The Morgan fingerprint density at radius 1 is 0.939 bits per heavy atom. The molecule has 0 bridgehead atoms. The van der Waals surface area contributed by atoms with Crippen LogP contribution in [0.4, 0.5) is 5.69 Å². The van der Waals surface area contributed by atoms with E-state index in [1.54, 1.807) is 17.3 Å². The summed E-state index contributed by atoms with van der Waals surface area (Å²) in [6, 6.07) is 22.7. The van der Waals surface area contributed by atoms with Crippen LogP contribution >= 0.6 is 0 Å². The van der Waals surface area contributed by atoms with E-state index < -0.39 is 0 Å². The van der Waals surface area contributed by atoms with Gasteiger partial charge in [-0.25, -0.2) is 4.98 Å². The highest BCUT2D eigenvalue weighted by Crippen LogP contribution is 2.27. The second kappa shape index (κ2) is 9.20. The van der Waals surface area contributed by atoms with Crippen LogP contribution in [-0.2, 0) is 4.79 Å². The molecule has 6 nitrogen and oxygen atoms in total. The SMILES string of the molecule is O=C(Nc1ccccc1)C1CCCN(C(=O)c2cc(-c3ccncc3)nc3ccccc23)C1. The van der Waals surface area contributed by atoms with Crippen LogP contribution in [0, 0.1) is 5.92 Å². The van der Waals surface area contributed by atoms with E-state index in [1.165, 1.54) is 0 Å². The number of pyridine rings is 2. The molecule has 1 N–H and O–H groups in total. The number of hydrogen-bond donors (Lipinski definition) is 1. The number of rotatable bonds is 4. The molecule has 0 spiro atoms. The maximum Gasteiger partial charge on any atom is 0.254 e. The Balaban J connectivity index is 1.42. The number of piperidine rings is 1. The lowest BCUT2D eigenvalue weighted by Crippen LogP contribution is -2.43. The average molecular weight is 437 g/mol. The van der Waals surface area contributed by atoms with Gasteiger partial charge in [-0.2, -0.15) is 0 Å². The third-order valence-corrected chi connectivity index (χ3v) is 6.04. The number of likely N-dealkylation sites (tertiary alicyclic amines) is 1. The van der Waals surface area contributed by atoms with Crippen molar-refractivity contribution in [2.75, 3.05) is 18.4 Å². The van der Waals surface area contributed by atoms with Crippen LogP contribution in [0.25, 0.3) is 22.2 Å². The van der Waals surface area contributed by atoms with Crippen molar-refractivity contribution in [3.63, 3.8) is 0 Å². The second-order valence-corrected chi connectivity index (χ2v) is 8.25. The highest BCUT2D eigenvalue weighted by atomic mass is 16.2. The van der Waals surface area contributed by atoms with Gasteiger partial charge in [-0.15, -0.1) is 0 Å². The summed E-state index contributed by atoms with van der Waals surface area (Å²) in [4.78, 5) is 37.2. The van der Waals surface area contributed by atoms with Gasteiger partial charge >= 0.3 is 0 Å². The Morgan fingerprint density at radius 2 is 1.70 bits per heavy atom. The largest absolute Gasteiger partial charge is 0.338 e. The molecule has 1 fully saturated rings. The summed E-state index contributed by atoms with van der Waals surface area (Å²) in [7, 11) is 0. The molecule has 1 aliphatic rings. The molecular formula is C27H24N4O2. The number of amides is 2. The average Bonchev–Trinajstić information content (AvgIpc) is 2.89. The van der Waals surface area contributed by atoms with E-state index >= 15 is 0 Å². The van der Waals surface area contributed by atoms with Gasteiger partial charge in [0.1, 0.15) is 0 Å². The zero-order valence-electron chi connectivity index (χ0n) is 18.1. The summed E-state index contributed by atoms with van der Waals surface area (Å²) in [5.74, 6) is -0.354. The van der Waals surface area contributed by atoms with Gasteiger partial charge in [0.05, 0.1) is 22.7 Å². The molecule has 164 valence electrons. The Morgan fingerprint density at radius 3 is 2.52 bits per heavy atom. The lowest BCUT2D eigenvalue weighted by Gasteiger charge is -2.32. The summed E-state index contributed by atoms with van der Waals surface area (Å²) >= 11 is 0. The van der Waals surface area contributed by atoms with Gasteiger partial charge in [0, 0.05) is 42.1 Å². The molecule has 1 aliphatic heterocycles. The van der Waals surface area contributed by atoms with E-state index in [0.717, 1.165) is 40.7 Å². The fourth-order valence-electron chi connectivity index (χ4n) is 4.33. The molecule has 2 aromatic heterocycles. The second-order valence-electron chi connectivity index (χ2n) is 8.25. The molecular weight excluding hydrogens is 412 g/mol. The normalized spacial score (nSPS) is 15.9. The van der Waals surface area contributed by atoms with Crippen molar-refractivity contribution in [3.8, 4) is 11.3 Å². The molecule has 3 heterocycles. The number of carbonyl (C=O) groups is 2. The van der Waals surface area contributed by atoms with Gasteiger partial charge in [0.2, 0.25) is 5.91 Å². The summed E-state index contributed by atoms with van der Waals surface area (Å²) < 4.78 is 0. The van der Waals surface area contributed by atoms with Crippen LogP contribution in [-0.4, -0.2) is 39.8 Å². The van der Waals surface area contributed by atoms with Crippen molar-refractivity contribution in [3.05, 3.63) is 90.8 Å². The Bertz CT molecular complexity index is 1290. The van der Waals surface area contributed by atoms with E-state index in [0.29, 0.717) is 18.7 Å². The molecule has 5 rings (SSSR count). The summed E-state index contributed by atoms with van der Waals surface area (Å²) in [5, 5.41) is 3.79. The van der Waals surface area contributed by atoms with Crippen molar-refractivity contribution in [1.82, 2.24) is 14.9 Å². The predicted molar refractivity (Wildman–Crippen MR) is 129 cm³/mol. The molecule has 4 aromatic rings. The topological polar surface area (TPSA) is 75.2 Å². The number of anilines is 1. The fraction of sp³-hybridized carbons (Fsp3) is 0.185. The number of nitrogens with one attached hydrogen (secondary N) is 1. The molecule has 0 radical (unpaired) electrons. The van der Waals surface area contributed by atoms with Crippen molar-refractivity contribution in [1.29, 1.82) is 0 Å². The smallest absolute Gasteiger partial charge is 0.254 e. The molecule has 2 amide bonds. The predicted octanol–water partition coefficient (Wildman–Crippen LogP) is 4.79. The number of benzene rings is 2. The van der Waals surface area contributed by atoms with Gasteiger partial charge in [-0.1, -0.05) is 36.4 Å². The number of nitrogens with zero attached hydrogens (tertiary/aromatic N) is 3. The molecule has 1 atom stereocenters. The van der Waals surface area contributed by atoms with Gasteiger partial charge in [0.15, 0.2) is 0 Å². The van der Waals surface area contributed by atoms with Gasteiger partial charge in [0.25, 0.3) is 5.91 Å². The summed E-state index contributed by atoms with van der Waals surface area (Å²) in [6.07, 6.45) is 4.99.